The minimum Gasteiger partial charge on any atom is -0.368 e. The summed E-state index contributed by atoms with van der Waals surface area (Å²) in [5.74, 6) is 0.721. The van der Waals surface area contributed by atoms with Crippen LogP contribution in [0.5, 0.6) is 0 Å². The largest absolute Gasteiger partial charge is 0.416 e. The maximum absolute atomic E-state index is 13.0. The average Bonchev–Trinajstić information content (AvgIpc) is 2.86. The number of nitrogens with zero attached hydrogens (tertiary/aromatic N) is 6. The molecule has 4 rings (SSSR count). The van der Waals surface area contributed by atoms with E-state index in [1.165, 1.54) is 17.8 Å². The highest BCUT2D eigenvalue weighted by Gasteiger charge is 2.31. The SMILES string of the molecule is CC(=O)N1CCN(c2cc(Cl)nc(SCC(=O)N3CCN(c4cccc(C(F)(F)F)c4)CC3)n2)CC1C. The van der Waals surface area contributed by atoms with Gasteiger partial charge < -0.3 is 19.6 Å². The first kappa shape index (κ1) is 27.3. The number of alkyl halides is 3. The highest BCUT2D eigenvalue weighted by atomic mass is 35.5. The predicted octanol–water partition coefficient (Wildman–Crippen LogP) is 3.65. The highest BCUT2D eigenvalue weighted by molar-refractivity contribution is 7.99. The van der Waals surface area contributed by atoms with Gasteiger partial charge in [-0.2, -0.15) is 13.2 Å². The van der Waals surface area contributed by atoms with Gasteiger partial charge in [-0.3, -0.25) is 9.59 Å². The fraction of sp³-hybridized carbons (Fsp3) is 0.500. The van der Waals surface area contributed by atoms with Crippen molar-refractivity contribution in [3.05, 3.63) is 41.0 Å². The Morgan fingerprint density at radius 2 is 1.76 bits per heavy atom. The molecule has 1 aromatic carbocycles. The van der Waals surface area contributed by atoms with Gasteiger partial charge in [0.25, 0.3) is 0 Å². The Balaban J connectivity index is 1.31. The number of anilines is 2. The molecule has 13 heteroatoms. The summed E-state index contributed by atoms with van der Waals surface area (Å²) in [6.45, 7) is 7.08. The van der Waals surface area contributed by atoms with Crippen LogP contribution in [0, 0.1) is 0 Å². The van der Waals surface area contributed by atoms with Crippen molar-refractivity contribution in [3.63, 3.8) is 0 Å². The summed E-state index contributed by atoms with van der Waals surface area (Å²) in [7, 11) is 0. The third-order valence-electron chi connectivity index (χ3n) is 6.51. The molecule has 200 valence electrons. The van der Waals surface area contributed by atoms with Crippen LogP contribution >= 0.6 is 23.4 Å². The highest BCUT2D eigenvalue weighted by Crippen LogP contribution is 2.32. The van der Waals surface area contributed by atoms with Crippen LogP contribution in [0.1, 0.15) is 19.4 Å². The first-order chi connectivity index (χ1) is 17.5. The summed E-state index contributed by atoms with van der Waals surface area (Å²) in [6, 6.07) is 6.95. The van der Waals surface area contributed by atoms with Crippen molar-refractivity contribution in [2.24, 2.45) is 0 Å². The van der Waals surface area contributed by atoms with E-state index in [0.717, 1.165) is 12.1 Å². The quantitative estimate of drug-likeness (QED) is 0.316. The van der Waals surface area contributed by atoms with Gasteiger partial charge in [0.1, 0.15) is 11.0 Å². The fourth-order valence-corrected chi connectivity index (χ4v) is 5.54. The molecule has 0 radical (unpaired) electrons. The van der Waals surface area contributed by atoms with Crippen molar-refractivity contribution < 1.29 is 22.8 Å². The second-order valence-electron chi connectivity index (χ2n) is 9.04. The van der Waals surface area contributed by atoms with E-state index in [2.05, 4.69) is 14.9 Å². The van der Waals surface area contributed by atoms with Crippen LogP contribution in [0.4, 0.5) is 24.7 Å². The maximum Gasteiger partial charge on any atom is 0.416 e. The number of thioether (sulfide) groups is 1. The van der Waals surface area contributed by atoms with Gasteiger partial charge >= 0.3 is 6.18 Å². The monoisotopic (exact) mass is 556 g/mol. The van der Waals surface area contributed by atoms with Crippen LogP contribution in [0.3, 0.4) is 0 Å². The molecule has 0 N–H and O–H groups in total. The molecular weight excluding hydrogens is 529 g/mol. The van der Waals surface area contributed by atoms with E-state index in [0.29, 0.717) is 62.5 Å². The smallest absolute Gasteiger partial charge is 0.368 e. The molecule has 3 heterocycles. The van der Waals surface area contributed by atoms with Gasteiger partial charge in [0.15, 0.2) is 5.16 Å². The summed E-state index contributed by atoms with van der Waals surface area (Å²) in [6.07, 6.45) is -4.39. The van der Waals surface area contributed by atoms with Gasteiger partial charge in [-0.05, 0) is 25.1 Å². The molecule has 1 unspecified atom stereocenters. The Kier molecular flexibility index (Phi) is 8.37. The van der Waals surface area contributed by atoms with Crippen LogP contribution in [-0.2, 0) is 15.8 Å². The van der Waals surface area contributed by atoms with E-state index < -0.39 is 11.7 Å². The lowest BCUT2D eigenvalue weighted by Crippen LogP contribution is -2.53. The van der Waals surface area contributed by atoms with Crippen LogP contribution in [0.2, 0.25) is 5.15 Å². The lowest BCUT2D eigenvalue weighted by atomic mass is 10.1. The lowest BCUT2D eigenvalue weighted by Gasteiger charge is -2.40. The number of benzene rings is 1. The minimum absolute atomic E-state index is 0.0345. The molecule has 2 amide bonds. The fourth-order valence-electron chi connectivity index (χ4n) is 4.56. The molecule has 0 spiro atoms. The third kappa shape index (κ3) is 6.78. The minimum atomic E-state index is -4.39. The summed E-state index contributed by atoms with van der Waals surface area (Å²) in [4.78, 5) is 40.8. The number of aromatic nitrogens is 2. The zero-order chi connectivity index (χ0) is 26.7. The van der Waals surface area contributed by atoms with Crippen molar-refractivity contribution >= 4 is 46.7 Å². The molecule has 1 atom stereocenters. The van der Waals surface area contributed by atoms with Gasteiger partial charge in [0.2, 0.25) is 11.8 Å². The Hall–Kier alpha value is -2.73. The number of carbonyl (C=O) groups excluding carboxylic acids is 2. The van der Waals surface area contributed by atoms with E-state index >= 15 is 0 Å². The predicted molar refractivity (Wildman–Crippen MR) is 137 cm³/mol. The van der Waals surface area contributed by atoms with Crippen molar-refractivity contribution in [3.8, 4) is 0 Å². The molecule has 37 heavy (non-hydrogen) atoms. The Labute approximate surface area is 222 Å². The van der Waals surface area contributed by atoms with Crippen molar-refractivity contribution in [2.45, 2.75) is 31.2 Å². The number of hydrogen-bond acceptors (Lipinski definition) is 7. The lowest BCUT2D eigenvalue weighted by molar-refractivity contribution is -0.137. The number of carbonyl (C=O) groups is 2. The average molecular weight is 557 g/mol. The molecular formula is C24H28ClF3N6O2S. The molecule has 2 fully saturated rings. The van der Waals surface area contributed by atoms with Crippen molar-refractivity contribution in [2.75, 3.05) is 61.4 Å². The Morgan fingerprint density at radius 1 is 1.05 bits per heavy atom. The second-order valence-corrected chi connectivity index (χ2v) is 10.4. The third-order valence-corrected chi connectivity index (χ3v) is 7.54. The van der Waals surface area contributed by atoms with Crippen LogP contribution in [-0.4, -0.2) is 89.2 Å². The van der Waals surface area contributed by atoms with Gasteiger partial charge in [0.05, 0.1) is 11.3 Å². The topological polar surface area (TPSA) is 72.9 Å². The summed E-state index contributed by atoms with van der Waals surface area (Å²) in [5, 5.41) is 0.663. The first-order valence-electron chi connectivity index (χ1n) is 11.9. The molecule has 8 nitrogen and oxygen atoms in total. The summed E-state index contributed by atoms with van der Waals surface area (Å²) in [5.41, 5.74) is -0.189. The Bertz CT molecular complexity index is 1150. The van der Waals surface area contributed by atoms with Gasteiger partial charge in [0, 0.05) is 70.5 Å². The molecule has 2 aliphatic heterocycles. The molecule has 0 saturated carbocycles. The van der Waals surface area contributed by atoms with Crippen molar-refractivity contribution in [1.82, 2.24) is 19.8 Å². The van der Waals surface area contributed by atoms with E-state index in [4.69, 9.17) is 11.6 Å². The number of rotatable bonds is 5. The van der Waals surface area contributed by atoms with E-state index in [9.17, 15) is 22.8 Å². The maximum atomic E-state index is 13.0. The van der Waals surface area contributed by atoms with E-state index in [-0.39, 0.29) is 28.8 Å². The van der Waals surface area contributed by atoms with Crippen LogP contribution < -0.4 is 9.80 Å². The van der Waals surface area contributed by atoms with E-state index in [1.54, 1.807) is 24.0 Å². The van der Waals surface area contributed by atoms with E-state index in [1.807, 2.05) is 16.7 Å². The number of piperazine rings is 2. The second kappa shape index (κ2) is 11.3. The summed E-state index contributed by atoms with van der Waals surface area (Å²) >= 11 is 7.43. The van der Waals surface area contributed by atoms with Gasteiger partial charge in [-0.1, -0.05) is 29.4 Å². The zero-order valence-electron chi connectivity index (χ0n) is 20.5. The van der Waals surface area contributed by atoms with Crippen molar-refractivity contribution in [1.29, 1.82) is 0 Å². The standard InChI is InChI=1S/C24H28ClF3N6O2S/c1-16-14-33(10-11-34(16)17(2)35)21-13-20(25)29-23(30-21)37-15-22(36)32-8-6-31(7-9-32)19-5-3-4-18(12-19)24(26,27)28/h3-5,12-13,16H,6-11,14-15H2,1-2H3. The summed E-state index contributed by atoms with van der Waals surface area (Å²) < 4.78 is 39.1. The molecule has 0 bridgehead atoms. The Morgan fingerprint density at radius 3 is 2.41 bits per heavy atom. The molecule has 2 aliphatic rings. The number of amides is 2. The van der Waals surface area contributed by atoms with Gasteiger partial charge in [-0.25, -0.2) is 9.97 Å². The molecule has 0 aliphatic carbocycles. The normalized spacial score (nSPS) is 18.8. The van der Waals surface area contributed by atoms with Crippen LogP contribution in [0.25, 0.3) is 0 Å². The number of hydrogen-bond donors (Lipinski definition) is 0. The first-order valence-corrected chi connectivity index (χ1v) is 13.3. The van der Waals surface area contributed by atoms with Crippen LogP contribution in [0.15, 0.2) is 35.5 Å². The zero-order valence-corrected chi connectivity index (χ0v) is 22.1. The molecule has 2 aromatic rings. The molecule has 1 aromatic heterocycles. The van der Waals surface area contributed by atoms with Gasteiger partial charge in [-0.15, -0.1) is 0 Å². The number of halogens is 4. The molecule has 2 saturated heterocycles.